The van der Waals surface area contributed by atoms with Crippen LogP contribution in [-0.2, 0) is 15.4 Å². The molecule has 2 aromatic carbocycles. The maximum Gasteiger partial charge on any atom is 0.251 e. The quantitative estimate of drug-likeness (QED) is 0.720. The normalized spacial score (nSPS) is 12.1. The first kappa shape index (κ1) is 21.9. The first-order chi connectivity index (χ1) is 13.0. The Morgan fingerprint density at radius 3 is 2.07 bits per heavy atom. The number of hydrogen-bond donors (Lipinski definition) is 1. The molecule has 0 aliphatic heterocycles. The Bertz CT molecular complexity index is 897. The van der Waals surface area contributed by atoms with E-state index >= 15 is 0 Å². The number of benzene rings is 2. The van der Waals surface area contributed by atoms with E-state index < -0.39 is 10.0 Å². The Morgan fingerprint density at radius 2 is 1.57 bits per heavy atom. The van der Waals surface area contributed by atoms with Crippen molar-refractivity contribution in [3.63, 3.8) is 0 Å². The molecule has 1 N–H and O–H groups in total. The minimum absolute atomic E-state index is 0.0912. The number of carbonyl (C=O) groups excluding carboxylic acids is 1. The highest BCUT2D eigenvalue weighted by atomic mass is 32.2. The summed E-state index contributed by atoms with van der Waals surface area (Å²) in [6.45, 7) is 7.15. The van der Waals surface area contributed by atoms with Crippen molar-refractivity contribution in [2.24, 2.45) is 0 Å². The van der Waals surface area contributed by atoms with Gasteiger partial charge in [0.2, 0.25) is 10.0 Å². The third-order valence-corrected chi connectivity index (χ3v) is 6.10. The van der Waals surface area contributed by atoms with Gasteiger partial charge in [-0.3, -0.25) is 4.79 Å². The van der Waals surface area contributed by atoms with Crippen LogP contribution in [0.2, 0.25) is 0 Å². The van der Waals surface area contributed by atoms with Crippen LogP contribution in [-0.4, -0.2) is 45.9 Å². The summed E-state index contributed by atoms with van der Waals surface area (Å²) in [6.07, 6.45) is 0. The van der Waals surface area contributed by atoms with Gasteiger partial charge in [-0.15, -0.1) is 0 Å². The fourth-order valence-electron chi connectivity index (χ4n) is 2.48. The molecule has 0 heterocycles. The molecule has 0 unspecified atom stereocenters. The molecule has 0 radical (unpaired) electrons. The fraction of sp³-hybridized carbons (Fsp3) is 0.381. The van der Waals surface area contributed by atoms with E-state index in [0.29, 0.717) is 18.7 Å². The molecule has 0 saturated heterocycles. The lowest BCUT2D eigenvalue weighted by atomic mass is 9.87. The number of sulfonamides is 1. The van der Waals surface area contributed by atoms with Gasteiger partial charge in [0.05, 0.1) is 11.4 Å². The Hall–Kier alpha value is -2.38. The smallest absolute Gasteiger partial charge is 0.251 e. The highest BCUT2D eigenvalue weighted by Gasteiger charge is 2.17. The van der Waals surface area contributed by atoms with Crippen LogP contribution in [0.3, 0.4) is 0 Å². The van der Waals surface area contributed by atoms with Crippen molar-refractivity contribution in [2.75, 3.05) is 27.2 Å². The fourth-order valence-corrected chi connectivity index (χ4v) is 3.38. The summed E-state index contributed by atoms with van der Waals surface area (Å²) in [5, 5.41) is 2.76. The monoisotopic (exact) mass is 404 g/mol. The van der Waals surface area contributed by atoms with Crippen LogP contribution in [0.25, 0.3) is 0 Å². The molecule has 2 aromatic rings. The minimum Gasteiger partial charge on any atom is -0.492 e. The zero-order valence-corrected chi connectivity index (χ0v) is 17.8. The second-order valence-electron chi connectivity index (χ2n) is 7.69. The highest BCUT2D eigenvalue weighted by molar-refractivity contribution is 7.89. The molecule has 2 rings (SSSR count). The van der Waals surface area contributed by atoms with Crippen LogP contribution in [0.1, 0.15) is 36.7 Å². The van der Waals surface area contributed by atoms with Gasteiger partial charge in [-0.25, -0.2) is 12.7 Å². The van der Waals surface area contributed by atoms with Gasteiger partial charge in [0.1, 0.15) is 12.4 Å². The molecule has 0 atom stereocenters. The second kappa shape index (κ2) is 8.75. The molecule has 0 spiro atoms. The Kier molecular flexibility index (Phi) is 6.85. The average molecular weight is 405 g/mol. The third kappa shape index (κ3) is 5.56. The van der Waals surface area contributed by atoms with Gasteiger partial charge in [0.25, 0.3) is 5.91 Å². The van der Waals surface area contributed by atoms with E-state index in [-0.39, 0.29) is 16.2 Å². The van der Waals surface area contributed by atoms with E-state index in [2.05, 4.69) is 26.1 Å². The van der Waals surface area contributed by atoms with Crippen LogP contribution in [0.15, 0.2) is 53.4 Å². The van der Waals surface area contributed by atoms with Gasteiger partial charge in [-0.05, 0) is 47.4 Å². The molecule has 6 nitrogen and oxygen atoms in total. The van der Waals surface area contributed by atoms with E-state index in [1.54, 1.807) is 0 Å². The van der Waals surface area contributed by atoms with Gasteiger partial charge >= 0.3 is 0 Å². The van der Waals surface area contributed by atoms with Gasteiger partial charge in [0.15, 0.2) is 0 Å². The van der Waals surface area contributed by atoms with E-state index in [1.807, 2.05) is 24.3 Å². The number of amides is 1. The zero-order valence-electron chi connectivity index (χ0n) is 17.0. The molecular weight excluding hydrogens is 376 g/mol. The first-order valence-corrected chi connectivity index (χ1v) is 10.5. The number of nitrogens with one attached hydrogen (secondary N) is 1. The summed E-state index contributed by atoms with van der Waals surface area (Å²) in [5.41, 5.74) is 1.72. The molecular formula is C21H28N2O4S. The predicted molar refractivity (Wildman–Crippen MR) is 110 cm³/mol. The summed E-state index contributed by atoms with van der Waals surface area (Å²) in [5.74, 6) is 0.473. The third-order valence-electron chi connectivity index (χ3n) is 4.27. The minimum atomic E-state index is -3.50. The van der Waals surface area contributed by atoms with E-state index in [0.717, 1.165) is 10.1 Å². The Balaban J connectivity index is 1.84. The van der Waals surface area contributed by atoms with E-state index in [4.69, 9.17) is 4.74 Å². The Labute approximate surface area is 167 Å². The number of hydrogen-bond acceptors (Lipinski definition) is 4. The summed E-state index contributed by atoms with van der Waals surface area (Å²) in [7, 11) is -0.572. The van der Waals surface area contributed by atoms with E-state index in [1.165, 1.54) is 43.9 Å². The van der Waals surface area contributed by atoms with Crippen LogP contribution in [0.5, 0.6) is 5.75 Å². The molecule has 0 bridgehead atoms. The largest absolute Gasteiger partial charge is 0.492 e. The van der Waals surface area contributed by atoms with Crippen LogP contribution >= 0.6 is 0 Å². The molecule has 28 heavy (non-hydrogen) atoms. The van der Waals surface area contributed by atoms with Gasteiger partial charge < -0.3 is 10.1 Å². The average Bonchev–Trinajstić information content (AvgIpc) is 2.64. The van der Waals surface area contributed by atoms with Gasteiger partial charge in [-0.2, -0.15) is 0 Å². The molecule has 0 saturated carbocycles. The van der Waals surface area contributed by atoms with Gasteiger partial charge in [0, 0.05) is 19.7 Å². The van der Waals surface area contributed by atoms with Crippen molar-refractivity contribution in [1.82, 2.24) is 9.62 Å². The molecule has 0 aliphatic carbocycles. The Morgan fingerprint density at radius 1 is 1.00 bits per heavy atom. The zero-order chi connectivity index (χ0) is 20.9. The molecule has 7 heteroatoms. The van der Waals surface area contributed by atoms with Crippen LogP contribution < -0.4 is 10.1 Å². The lowest BCUT2D eigenvalue weighted by Gasteiger charge is -2.19. The molecule has 0 aromatic heterocycles. The number of carbonyl (C=O) groups is 1. The maximum atomic E-state index is 12.2. The lowest BCUT2D eigenvalue weighted by Crippen LogP contribution is -2.28. The molecule has 0 fully saturated rings. The summed E-state index contributed by atoms with van der Waals surface area (Å²) < 4.78 is 30.9. The summed E-state index contributed by atoms with van der Waals surface area (Å²) >= 11 is 0. The van der Waals surface area contributed by atoms with Crippen molar-refractivity contribution < 1.29 is 17.9 Å². The van der Waals surface area contributed by atoms with Crippen molar-refractivity contribution in [1.29, 1.82) is 0 Å². The first-order valence-electron chi connectivity index (χ1n) is 9.06. The SMILES string of the molecule is CN(C)S(=O)(=O)c1ccc(C(=O)NCCOc2ccc(C(C)(C)C)cc2)cc1. The summed E-state index contributed by atoms with van der Waals surface area (Å²) in [4.78, 5) is 12.3. The van der Waals surface area contributed by atoms with Crippen molar-refractivity contribution in [3.8, 4) is 5.75 Å². The van der Waals surface area contributed by atoms with Crippen LogP contribution in [0.4, 0.5) is 0 Å². The topological polar surface area (TPSA) is 75.7 Å². The number of nitrogens with zero attached hydrogens (tertiary/aromatic N) is 1. The molecule has 1 amide bonds. The second-order valence-corrected chi connectivity index (χ2v) is 9.84. The number of rotatable bonds is 7. The lowest BCUT2D eigenvalue weighted by molar-refractivity contribution is 0.0947. The van der Waals surface area contributed by atoms with Gasteiger partial charge in [-0.1, -0.05) is 32.9 Å². The highest BCUT2D eigenvalue weighted by Crippen LogP contribution is 2.24. The van der Waals surface area contributed by atoms with Crippen molar-refractivity contribution in [2.45, 2.75) is 31.1 Å². The van der Waals surface area contributed by atoms with Crippen molar-refractivity contribution in [3.05, 3.63) is 59.7 Å². The molecule has 152 valence electrons. The predicted octanol–water partition coefficient (Wildman–Crippen LogP) is 3.04. The van der Waals surface area contributed by atoms with E-state index in [9.17, 15) is 13.2 Å². The maximum absolute atomic E-state index is 12.2. The molecule has 0 aliphatic rings. The summed E-state index contributed by atoms with van der Waals surface area (Å²) in [6, 6.07) is 13.8. The van der Waals surface area contributed by atoms with Crippen LogP contribution in [0, 0.1) is 0 Å². The number of ether oxygens (including phenoxy) is 1. The standard InChI is InChI=1S/C21H28N2O4S/c1-21(2,3)17-8-10-18(11-9-17)27-15-14-22-20(24)16-6-12-19(13-7-16)28(25,26)23(4)5/h6-13H,14-15H2,1-5H3,(H,22,24). The van der Waals surface area contributed by atoms with Crippen molar-refractivity contribution >= 4 is 15.9 Å².